The quantitative estimate of drug-likeness (QED) is 0.157. The molecule has 2 aliphatic rings. The molecule has 0 saturated carbocycles. The molecule has 1 atom stereocenters. The lowest BCUT2D eigenvalue weighted by Gasteiger charge is -2.34. The minimum Gasteiger partial charge on any atom is -0.430 e. The largest absolute Gasteiger partial charge is 0.430 e. The molecule has 1 aromatic rings. The summed E-state index contributed by atoms with van der Waals surface area (Å²) in [6.45, 7) is 19.0. The number of hydrogen-bond donors (Lipinski definition) is 1. The second kappa shape index (κ2) is 17.8. The molecule has 0 radical (unpaired) electrons. The number of benzene rings is 1. The van der Waals surface area contributed by atoms with Gasteiger partial charge in [-0.15, -0.1) is 0 Å². The van der Waals surface area contributed by atoms with Gasteiger partial charge in [0.05, 0.1) is 0 Å². The van der Waals surface area contributed by atoms with Crippen molar-refractivity contribution in [2.45, 2.75) is 73.6 Å². The summed E-state index contributed by atoms with van der Waals surface area (Å²) >= 11 is 0. The van der Waals surface area contributed by atoms with Gasteiger partial charge in [0.25, 0.3) is 5.91 Å². The maximum absolute atomic E-state index is 15.4. The molecule has 1 saturated heterocycles. The summed E-state index contributed by atoms with van der Waals surface area (Å²) in [5.74, 6) is -3.73. The van der Waals surface area contributed by atoms with E-state index in [1.54, 1.807) is 18.2 Å². The Balaban J connectivity index is 0.00000345. The van der Waals surface area contributed by atoms with Gasteiger partial charge in [-0.2, -0.15) is 8.78 Å². The Bertz CT molecular complexity index is 1350. The molecule has 1 aromatic carbocycles. The lowest BCUT2D eigenvalue weighted by Crippen LogP contribution is -2.34. The van der Waals surface area contributed by atoms with Crippen LogP contribution in [0.2, 0.25) is 0 Å². The van der Waals surface area contributed by atoms with Gasteiger partial charge < -0.3 is 19.9 Å². The number of amides is 1. The summed E-state index contributed by atoms with van der Waals surface area (Å²) in [6.07, 6.45) is 13.3. The van der Waals surface area contributed by atoms with Crippen LogP contribution in [-0.4, -0.2) is 36.3 Å². The Labute approximate surface area is 270 Å². The molecule has 0 aromatic heterocycles. The number of piperidine rings is 1. The van der Waals surface area contributed by atoms with Gasteiger partial charge in [0, 0.05) is 37.2 Å². The fourth-order valence-electron chi connectivity index (χ4n) is 5.14. The maximum atomic E-state index is 15.4. The molecule has 1 amide bonds. The molecule has 246 valence electrons. The lowest BCUT2D eigenvalue weighted by molar-refractivity contribution is -0.118. The number of hydrogen-bond acceptors (Lipinski definition) is 4. The van der Waals surface area contributed by atoms with E-state index in [1.807, 2.05) is 71.7 Å². The first kappa shape index (κ1) is 37.7. The van der Waals surface area contributed by atoms with Crippen molar-refractivity contribution < 1.29 is 22.7 Å². The lowest BCUT2D eigenvalue weighted by atomic mass is 9.89. The number of nitrogens with one attached hydrogen (secondary N) is 1. The number of anilines is 1. The second-order valence-corrected chi connectivity index (χ2v) is 11.9. The predicted molar refractivity (Wildman–Crippen MR) is 185 cm³/mol. The fourth-order valence-corrected chi connectivity index (χ4v) is 5.27. The van der Waals surface area contributed by atoms with Crippen LogP contribution >= 0.6 is 9.24 Å². The smallest absolute Gasteiger partial charge is 0.408 e. The summed E-state index contributed by atoms with van der Waals surface area (Å²) in [4.78, 5) is 17.4. The highest BCUT2D eigenvalue weighted by Crippen LogP contribution is 2.33. The second-order valence-electron chi connectivity index (χ2n) is 11.2. The van der Waals surface area contributed by atoms with Gasteiger partial charge in [0.2, 0.25) is 0 Å². The number of rotatable bonds is 10. The monoisotopic (exact) mass is 643 g/mol. The van der Waals surface area contributed by atoms with E-state index < -0.39 is 5.85 Å². The predicted octanol–water partition coefficient (Wildman–Crippen LogP) is 9.57. The molecule has 0 spiro atoms. The van der Waals surface area contributed by atoms with E-state index in [2.05, 4.69) is 27.6 Å². The highest BCUT2D eigenvalue weighted by Gasteiger charge is 2.25. The third kappa shape index (κ3) is 11.4. The number of carbonyl (C=O) groups excluding carboxylic acids is 1. The zero-order valence-electron chi connectivity index (χ0n) is 27.7. The number of alkyl halides is 2. The molecule has 1 unspecified atom stereocenters. The first-order valence-corrected chi connectivity index (χ1v) is 16.0. The van der Waals surface area contributed by atoms with Crippen LogP contribution in [0.5, 0.6) is 5.75 Å². The summed E-state index contributed by atoms with van der Waals surface area (Å²) in [6, 6.07) is 6.55. The summed E-state index contributed by atoms with van der Waals surface area (Å²) < 4.78 is 46.1. The molecule has 1 N–H and O–H groups in total. The zero-order valence-corrected chi connectivity index (χ0v) is 28.9. The van der Waals surface area contributed by atoms with Gasteiger partial charge >= 0.3 is 5.85 Å². The van der Waals surface area contributed by atoms with E-state index in [-0.39, 0.29) is 29.9 Å². The minimum absolute atomic E-state index is 0.0641. The van der Waals surface area contributed by atoms with E-state index in [1.165, 1.54) is 27.4 Å². The SMILES string of the molecule is C=C/C(=C\C(F)=C(/C)C1CCN(c2ccc(OC(F)(F)P)cc2)CC1)CNC(=O)C(=C(C)C)N1C=CCC=CC1=C(C)C.CC. The Morgan fingerprint density at radius 3 is 2.24 bits per heavy atom. The molecule has 45 heavy (non-hydrogen) atoms. The molecular weight excluding hydrogens is 594 g/mol. The third-order valence-corrected chi connectivity index (χ3v) is 7.59. The average Bonchev–Trinajstić information content (AvgIpc) is 3.25. The third-order valence-electron chi connectivity index (χ3n) is 7.47. The van der Waals surface area contributed by atoms with Gasteiger partial charge in [-0.3, -0.25) is 4.79 Å². The van der Waals surface area contributed by atoms with E-state index in [0.717, 1.165) is 41.8 Å². The first-order valence-electron chi connectivity index (χ1n) is 15.5. The summed E-state index contributed by atoms with van der Waals surface area (Å²) in [5, 5.41) is 2.95. The van der Waals surface area contributed by atoms with Gasteiger partial charge in [0.1, 0.15) is 17.3 Å². The van der Waals surface area contributed by atoms with E-state index in [4.69, 9.17) is 0 Å². The fraction of sp³-hybridized carbons (Fsp3) is 0.417. The van der Waals surface area contributed by atoms with Crippen molar-refractivity contribution in [1.82, 2.24) is 10.2 Å². The van der Waals surface area contributed by atoms with Crippen molar-refractivity contribution in [2.75, 3.05) is 24.5 Å². The van der Waals surface area contributed by atoms with E-state index in [0.29, 0.717) is 29.9 Å². The number of allylic oxidation sites excluding steroid dienone is 8. The average molecular weight is 644 g/mol. The van der Waals surface area contributed by atoms with E-state index in [9.17, 15) is 13.6 Å². The van der Waals surface area contributed by atoms with E-state index >= 15 is 4.39 Å². The number of halogens is 3. The molecular formula is C36H49F3N3O2P. The van der Waals surface area contributed by atoms with Crippen LogP contribution in [-0.2, 0) is 4.79 Å². The van der Waals surface area contributed by atoms with Crippen LogP contribution in [0.3, 0.4) is 0 Å². The highest BCUT2D eigenvalue weighted by atomic mass is 31.0. The van der Waals surface area contributed by atoms with Crippen LogP contribution in [0.4, 0.5) is 18.9 Å². The summed E-state index contributed by atoms with van der Waals surface area (Å²) in [5.41, 5.74) is 5.57. The highest BCUT2D eigenvalue weighted by molar-refractivity contribution is 7.17. The Hall–Kier alpha value is -3.51. The van der Waals surface area contributed by atoms with Crippen molar-refractivity contribution >= 4 is 20.8 Å². The minimum atomic E-state index is -3.31. The molecule has 2 heterocycles. The van der Waals surface area contributed by atoms with Crippen molar-refractivity contribution in [2.24, 2.45) is 5.92 Å². The molecule has 0 bridgehead atoms. The summed E-state index contributed by atoms with van der Waals surface area (Å²) in [7, 11) is 1.36. The number of carbonyl (C=O) groups is 1. The molecule has 3 rings (SSSR count). The molecule has 1 fully saturated rings. The molecule has 9 heteroatoms. The zero-order chi connectivity index (χ0) is 33.7. The van der Waals surface area contributed by atoms with Gasteiger partial charge in [-0.1, -0.05) is 44.2 Å². The van der Waals surface area contributed by atoms with Crippen LogP contribution in [0.1, 0.15) is 67.7 Å². The Kier molecular flexibility index (Phi) is 14.9. The topological polar surface area (TPSA) is 44.8 Å². The van der Waals surface area contributed by atoms with Crippen molar-refractivity contribution in [1.29, 1.82) is 0 Å². The molecule has 5 nitrogen and oxygen atoms in total. The van der Waals surface area contributed by atoms with Gasteiger partial charge in [-0.05, 0) is 122 Å². The normalized spacial score (nSPS) is 16.2. The van der Waals surface area contributed by atoms with Crippen LogP contribution in [0.25, 0.3) is 0 Å². The van der Waals surface area contributed by atoms with Crippen LogP contribution in [0, 0.1) is 5.92 Å². The molecule has 2 aliphatic heterocycles. The first-order chi connectivity index (χ1) is 21.3. The Morgan fingerprint density at radius 1 is 1.09 bits per heavy atom. The number of ether oxygens (including phenoxy) is 1. The molecule has 0 aliphatic carbocycles. The van der Waals surface area contributed by atoms with Crippen molar-refractivity contribution in [3.63, 3.8) is 0 Å². The van der Waals surface area contributed by atoms with Gasteiger partial charge in [-0.25, -0.2) is 4.39 Å². The van der Waals surface area contributed by atoms with Crippen LogP contribution < -0.4 is 15.0 Å². The maximum Gasteiger partial charge on any atom is 0.408 e. The van der Waals surface area contributed by atoms with Gasteiger partial charge in [0.15, 0.2) is 0 Å². The van der Waals surface area contributed by atoms with Crippen molar-refractivity contribution in [3.05, 3.63) is 107 Å². The van der Waals surface area contributed by atoms with Crippen LogP contribution in [0.15, 0.2) is 107 Å². The number of nitrogens with zero attached hydrogens (tertiary/aromatic N) is 2. The Morgan fingerprint density at radius 2 is 1.71 bits per heavy atom. The standard InChI is InChI=1S/C34H43F3N3O2P.C2H6/c1-7-26(22-38-33(41)32(24(4)5)40-18-10-8-9-11-31(40)23(2)3)21-30(35)25(6)27-16-19-39(20-17-27)28-12-14-29(15-13-28)42-34(36,37)43;1-2/h7,9-15,18,21,27H,1,8,16-17,19-20,22,43H2,2-6H3,(H,38,41);1-2H3/b26-21+,30-25-;. The van der Waals surface area contributed by atoms with Crippen molar-refractivity contribution in [3.8, 4) is 5.75 Å².